The summed E-state index contributed by atoms with van der Waals surface area (Å²) >= 11 is 0. The molecule has 0 aliphatic heterocycles. The second kappa shape index (κ2) is 5.63. The van der Waals surface area contributed by atoms with Crippen molar-refractivity contribution in [3.05, 3.63) is 29.8 Å². The van der Waals surface area contributed by atoms with E-state index in [1.807, 2.05) is 0 Å². The molecule has 0 spiro atoms. The van der Waals surface area contributed by atoms with Crippen LogP contribution in [0.5, 0.6) is 5.75 Å². The SMILES string of the molecule is COCC(N)c1ccc(OC(F)F)cc1. The second-order valence-electron chi connectivity index (χ2n) is 3.01. The lowest BCUT2D eigenvalue weighted by Crippen LogP contribution is -2.15. The molecule has 0 bridgehead atoms. The van der Waals surface area contributed by atoms with Crippen LogP contribution in [0.15, 0.2) is 24.3 Å². The fourth-order valence-electron chi connectivity index (χ4n) is 1.17. The molecule has 3 nitrogen and oxygen atoms in total. The molecule has 84 valence electrons. The first-order chi connectivity index (χ1) is 7.13. The minimum Gasteiger partial charge on any atom is -0.435 e. The van der Waals surface area contributed by atoms with Crippen LogP contribution in [-0.2, 0) is 4.74 Å². The summed E-state index contributed by atoms with van der Waals surface area (Å²) in [7, 11) is 1.55. The van der Waals surface area contributed by atoms with E-state index in [0.717, 1.165) is 5.56 Å². The third-order valence-corrected chi connectivity index (χ3v) is 1.88. The van der Waals surface area contributed by atoms with Gasteiger partial charge in [0.1, 0.15) is 5.75 Å². The molecule has 15 heavy (non-hydrogen) atoms. The first-order valence-electron chi connectivity index (χ1n) is 4.42. The lowest BCUT2D eigenvalue weighted by Gasteiger charge is -2.11. The zero-order chi connectivity index (χ0) is 11.3. The first kappa shape index (κ1) is 11.9. The first-order valence-corrected chi connectivity index (χ1v) is 4.42. The molecule has 0 saturated carbocycles. The minimum absolute atomic E-state index is 0.123. The minimum atomic E-state index is -2.80. The summed E-state index contributed by atoms with van der Waals surface area (Å²) in [5, 5.41) is 0. The van der Waals surface area contributed by atoms with E-state index in [2.05, 4.69) is 4.74 Å². The van der Waals surface area contributed by atoms with Crippen molar-refractivity contribution in [2.45, 2.75) is 12.7 Å². The zero-order valence-electron chi connectivity index (χ0n) is 8.32. The predicted molar refractivity (Wildman–Crippen MR) is 51.9 cm³/mol. The Labute approximate surface area is 86.8 Å². The third kappa shape index (κ3) is 3.81. The molecule has 1 atom stereocenters. The number of alkyl halides is 2. The summed E-state index contributed by atoms with van der Waals surface area (Å²) in [5.41, 5.74) is 6.56. The molecule has 1 rings (SSSR count). The summed E-state index contributed by atoms with van der Waals surface area (Å²) < 4.78 is 32.7. The Morgan fingerprint density at radius 1 is 1.27 bits per heavy atom. The quantitative estimate of drug-likeness (QED) is 0.819. The van der Waals surface area contributed by atoms with E-state index in [0.29, 0.717) is 6.61 Å². The van der Waals surface area contributed by atoms with Gasteiger partial charge in [-0.1, -0.05) is 12.1 Å². The Morgan fingerprint density at radius 2 is 1.87 bits per heavy atom. The molecule has 0 saturated heterocycles. The van der Waals surface area contributed by atoms with Crippen LogP contribution in [0.25, 0.3) is 0 Å². The number of rotatable bonds is 5. The largest absolute Gasteiger partial charge is 0.435 e. The van der Waals surface area contributed by atoms with E-state index in [4.69, 9.17) is 10.5 Å². The van der Waals surface area contributed by atoms with Crippen LogP contribution < -0.4 is 10.5 Å². The molecule has 0 heterocycles. The Kier molecular flexibility index (Phi) is 4.45. The normalized spacial score (nSPS) is 12.9. The monoisotopic (exact) mass is 217 g/mol. The number of halogens is 2. The van der Waals surface area contributed by atoms with Gasteiger partial charge in [0.2, 0.25) is 0 Å². The van der Waals surface area contributed by atoms with Crippen molar-refractivity contribution >= 4 is 0 Å². The molecule has 1 aromatic carbocycles. The smallest absolute Gasteiger partial charge is 0.387 e. The van der Waals surface area contributed by atoms with Crippen molar-refractivity contribution in [3.63, 3.8) is 0 Å². The van der Waals surface area contributed by atoms with Crippen LogP contribution in [0.1, 0.15) is 11.6 Å². The standard InChI is InChI=1S/C10H13F2NO2/c1-14-6-9(13)7-2-4-8(5-3-7)15-10(11)12/h2-5,9-10H,6,13H2,1H3. The maximum absolute atomic E-state index is 11.8. The van der Waals surface area contributed by atoms with Gasteiger partial charge in [-0.15, -0.1) is 0 Å². The molecule has 0 aliphatic rings. The highest BCUT2D eigenvalue weighted by Gasteiger charge is 2.07. The lowest BCUT2D eigenvalue weighted by molar-refractivity contribution is -0.0498. The summed E-state index contributed by atoms with van der Waals surface area (Å²) in [6.45, 7) is -2.42. The fraction of sp³-hybridized carbons (Fsp3) is 0.400. The lowest BCUT2D eigenvalue weighted by atomic mass is 10.1. The van der Waals surface area contributed by atoms with E-state index < -0.39 is 6.61 Å². The summed E-state index contributed by atoms with van der Waals surface area (Å²) in [6, 6.07) is 5.94. The van der Waals surface area contributed by atoms with Crippen LogP contribution in [-0.4, -0.2) is 20.3 Å². The Morgan fingerprint density at radius 3 is 2.33 bits per heavy atom. The van der Waals surface area contributed by atoms with Crippen molar-refractivity contribution in [3.8, 4) is 5.75 Å². The topological polar surface area (TPSA) is 44.5 Å². The number of benzene rings is 1. The van der Waals surface area contributed by atoms with Crippen LogP contribution >= 0.6 is 0 Å². The van der Waals surface area contributed by atoms with Gasteiger partial charge in [-0.25, -0.2) is 0 Å². The van der Waals surface area contributed by atoms with Gasteiger partial charge in [-0.05, 0) is 17.7 Å². The van der Waals surface area contributed by atoms with Gasteiger partial charge in [-0.3, -0.25) is 0 Å². The summed E-state index contributed by atoms with van der Waals surface area (Å²) in [4.78, 5) is 0. The number of hydrogen-bond acceptors (Lipinski definition) is 3. The highest BCUT2D eigenvalue weighted by atomic mass is 19.3. The highest BCUT2D eigenvalue weighted by molar-refractivity contribution is 5.29. The molecule has 1 unspecified atom stereocenters. The predicted octanol–water partition coefficient (Wildman–Crippen LogP) is 1.93. The van der Waals surface area contributed by atoms with Crippen molar-refractivity contribution in [1.29, 1.82) is 0 Å². The number of ether oxygens (including phenoxy) is 2. The molecule has 0 aliphatic carbocycles. The van der Waals surface area contributed by atoms with E-state index in [9.17, 15) is 8.78 Å². The Balaban J connectivity index is 2.63. The third-order valence-electron chi connectivity index (χ3n) is 1.88. The molecule has 0 radical (unpaired) electrons. The van der Waals surface area contributed by atoms with E-state index in [1.54, 1.807) is 19.2 Å². The Bertz CT molecular complexity index is 290. The molecular weight excluding hydrogens is 204 g/mol. The highest BCUT2D eigenvalue weighted by Crippen LogP contribution is 2.18. The van der Waals surface area contributed by atoms with Gasteiger partial charge in [0, 0.05) is 7.11 Å². The Hall–Kier alpha value is -1.20. The maximum Gasteiger partial charge on any atom is 0.387 e. The van der Waals surface area contributed by atoms with Gasteiger partial charge in [0.15, 0.2) is 0 Å². The number of hydrogen-bond donors (Lipinski definition) is 1. The average Bonchev–Trinajstić information content (AvgIpc) is 2.18. The van der Waals surface area contributed by atoms with Crippen LogP contribution in [0.3, 0.4) is 0 Å². The average molecular weight is 217 g/mol. The molecular formula is C10H13F2NO2. The van der Waals surface area contributed by atoms with Gasteiger partial charge in [0.05, 0.1) is 12.6 Å². The van der Waals surface area contributed by atoms with Crippen molar-refractivity contribution in [2.75, 3.05) is 13.7 Å². The number of methoxy groups -OCH3 is 1. The molecule has 0 aromatic heterocycles. The van der Waals surface area contributed by atoms with Gasteiger partial charge >= 0.3 is 6.61 Å². The summed E-state index contributed by atoms with van der Waals surface area (Å²) in [5.74, 6) is 0.123. The maximum atomic E-state index is 11.8. The number of nitrogens with two attached hydrogens (primary N) is 1. The molecule has 2 N–H and O–H groups in total. The fourth-order valence-corrected chi connectivity index (χ4v) is 1.17. The van der Waals surface area contributed by atoms with E-state index >= 15 is 0 Å². The summed E-state index contributed by atoms with van der Waals surface area (Å²) in [6.07, 6.45) is 0. The van der Waals surface area contributed by atoms with E-state index in [-0.39, 0.29) is 11.8 Å². The van der Waals surface area contributed by atoms with Crippen molar-refractivity contribution in [1.82, 2.24) is 0 Å². The van der Waals surface area contributed by atoms with Crippen LogP contribution in [0.2, 0.25) is 0 Å². The van der Waals surface area contributed by atoms with Crippen molar-refractivity contribution < 1.29 is 18.3 Å². The second-order valence-corrected chi connectivity index (χ2v) is 3.01. The van der Waals surface area contributed by atoms with E-state index in [1.165, 1.54) is 12.1 Å². The van der Waals surface area contributed by atoms with Crippen molar-refractivity contribution in [2.24, 2.45) is 5.73 Å². The zero-order valence-corrected chi connectivity index (χ0v) is 8.32. The van der Waals surface area contributed by atoms with Gasteiger partial charge < -0.3 is 15.2 Å². The van der Waals surface area contributed by atoms with Crippen LogP contribution in [0, 0.1) is 0 Å². The molecule has 1 aromatic rings. The van der Waals surface area contributed by atoms with Crippen LogP contribution in [0.4, 0.5) is 8.78 Å². The van der Waals surface area contributed by atoms with Gasteiger partial charge in [-0.2, -0.15) is 8.78 Å². The molecule has 0 fully saturated rings. The molecule has 0 amide bonds. The van der Waals surface area contributed by atoms with Gasteiger partial charge in [0.25, 0.3) is 0 Å². The molecule has 5 heteroatoms.